The number of hydroxylamine groups is 1. The molecule has 98 valence electrons. The Balaban J connectivity index is 2.55. The first-order valence-corrected chi connectivity index (χ1v) is 5.71. The van der Waals surface area contributed by atoms with Gasteiger partial charge in [-0.3, -0.25) is 9.63 Å². The third-order valence-electron chi connectivity index (χ3n) is 1.98. The zero-order chi connectivity index (χ0) is 13.6. The summed E-state index contributed by atoms with van der Waals surface area (Å²) < 4.78 is 5.09. The Labute approximate surface area is 108 Å². The van der Waals surface area contributed by atoms with Gasteiger partial charge in [-0.15, -0.1) is 0 Å². The second-order valence-corrected chi connectivity index (χ2v) is 4.79. The van der Waals surface area contributed by atoms with Crippen LogP contribution >= 0.6 is 0 Å². The molecule has 0 saturated carbocycles. The highest BCUT2D eigenvalue weighted by Crippen LogP contribution is 2.13. The van der Waals surface area contributed by atoms with Crippen LogP contribution in [0, 0.1) is 0 Å². The van der Waals surface area contributed by atoms with Crippen molar-refractivity contribution < 1.29 is 14.4 Å². The molecular formula is C14H19NO3. The molecule has 1 rings (SSSR count). The maximum Gasteiger partial charge on any atom is 0.267 e. The summed E-state index contributed by atoms with van der Waals surface area (Å²) in [5.41, 5.74) is 2.85. The number of carbonyl (C=O) groups is 1. The fraction of sp³-hybridized carbons (Fsp3) is 0.357. The Morgan fingerprint density at radius 2 is 2.06 bits per heavy atom. The van der Waals surface area contributed by atoms with Gasteiger partial charge in [0.25, 0.3) is 5.91 Å². The van der Waals surface area contributed by atoms with Crippen LogP contribution < -0.4 is 10.2 Å². The average molecular weight is 249 g/mol. The van der Waals surface area contributed by atoms with Crippen LogP contribution in [-0.2, 0) is 9.63 Å². The van der Waals surface area contributed by atoms with Crippen molar-refractivity contribution in [2.45, 2.75) is 26.4 Å². The highest BCUT2D eigenvalue weighted by Gasteiger charge is 2.11. The van der Waals surface area contributed by atoms with Crippen LogP contribution in [0.1, 0.15) is 26.3 Å². The Bertz CT molecular complexity index is 433. The van der Waals surface area contributed by atoms with E-state index in [1.165, 1.54) is 6.08 Å². The maximum atomic E-state index is 11.5. The van der Waals surface area contributed by atoms with Crippen molar-refractivity contribution in [2.75, 3.05) is 7.11 Å². The number of benzene rings is 1. The van der Waals surface area contributed by atoms with Gasteiger partial charge in [0.05, 0.1) is 12.7 Å². The molecule has 0 atom stereocenters. The van der Waals surface area contributed by atoms with Crippen LogP contribution in [0.25, 0.3) is 6.08 Å². The van der Waals surface area contributed by atoms with Crippen LogP contribution in [-0.4, -0.2) is 18.6 Å². The van der Waals surface area contributed by atoms with Crippen molar-refractivity contribution in [1.29, 1.82) is 0 Å². The molecule has 0 aliphatic rings. The topological polar surface area (TPSA) is 47.6 Å². The van der Waals surface area contributed by atoms with Crippen molar-refractivity contribution in [3.05, 3.63) is 35.9 Å². The van der Waals surface area contributed by atoms with E-state index >= 15 is 0 Å². The largest absolute Gasteiger partial charge is 0.497 e. The van der Waals surface area contributed by atoms with Gasteiger partial charge in [-0.2, -0.15) is 0 Å². The molecule has 1 amide bonds. The monoisotopic (exact) mass is 249 g/mol. The van der Waals surface area contributed by atoms with Crippen LogP contribution in [0.2, 0.25) is 0 Å². The zero-order valence-corrected chi connectivity index (χ0v) is 11.2. The number of rotatable bonds is 4. The standard InChI is InChI=1S/C14H19NO3/c1-14(2,3)18-15-13(16)9-8-11-6-5-7-12(10-11)17-4/h5-10H,1-4H3,(H,15,16)/b9-8+. The summed E-state index contributed by atoms with van der Waals surface area (Å²) in [5, 5.41) is 0. The lowest BCUT2D eigenvalue weighted by Gasteiger charge is -2.17. The number of hydrogen-bond acceptors (Lipinski definition) is 3. The van der Waals surface area contributed by atoms with E-state index in [-0.39, 0.29) is 5.91 Å². The van der Waals surface area contributed by atoms with Crippen molar-refractivity contribution in [3.8, 4) is 5.75 Å². The van der Waals surface area contributed by atoms with Crippen molar-refractivity contribution in [2.24, 2.45) is 0 Å². The smallest absolute Gasteiger partial charge is 0.267 e. The average Bonchev–Trinajstić information content (AvgIpc) is 2.33. The number of hydrogen-bond donors (Lipinski definition) is 1. The Hall–Kier alpha value is -1.81. The van der Waals surface area contributed by atoms with Gasteiger partial charge in [0.15, 0.2) is 0 Å². The first kappa shape index (κ1) is 14.3. The first-order valence-electron chi connectivity index (χ1n) is 5.71. The maximum absolute atomic E-state index is 11.5. The number of nitrogens with one attached hydrogen (secondary N) is 1. The molecular weight excluding hydrogens is 230 g/mol. The summed E-state index contributed by atoms with van der Waals surface area (Å²) in [5.74, 6) is 0.455. The van der Waals surface area contributed by atoms with Gasteiger partial charge in [0, 0.05) is 6.08 Å². The van der Waals surface area contributed by atoms with Crippen LogP contribution in [0.15, 0.2) is 30.3 Å². The second kappa shape index (κ2) is 6.21. The predicted octanol–water partition coefficient (Wildman–Crippen LogP) is 2.55. The van der Waals surface area contributed by atoms with Gasteiger partial charge in [-0.05, 0) is 44.5 Å². The molecule has 0 unspecified atom stereocenters. The quantitative estimate of drug-likeness (QED) is 0.659. The van der Waals surface area contributed by atoms with Gasteiger partial charge in [0.2, 0.25) is 0 Å². The summed E-state index contributed by atoms with van der Waals surface area (Å²) >= 11 is 0. The Kier molecular flexibility index (Phi) is 4.92. The molecule has 0 radical (unpaired) electrons. The fourth-order valence-corrected chi connectivity index (χ4v) is 1.15. The fourth-order valence-electron chi connectivity index (χ4n) is 1.15. The minimum atomic E-state index is -0.403. The summed E-state index contributed by atoms with van der Waals surface area (Å²) in [6.45, 7) is 5.58. The normalized spacial score (nSPS) is 11.6. The minimum absolute atomic E-state index is 0.298. The predicted molar refractivity (Wildman–Crippen MR) is 71.0 cm³/mol. The minimum Gasteiger partial charge on any atom is -0.497 e. The number of methoxy groups -OCH3 is 1. The number of amides is 1. The van der Waals surface area contributed by atoms with E-state index in [4.69, 9.17) is 9.57 Å². The summed E-state index contributed by atoms with van der Waals surface area (Å²) in [7, 11) is 1.60. The lowest BCUT2D eigenvalue weighted by atomic mass is 10.2. The molecule has 0 spiro atoms. The zero-order valence-electron chi connectivity index (χ0n) is 11.2. The molecule has 4 heteroatoms. The van der Waals surface area contributed by atoms with Crippen LogP contribution in [0.5, 0.6) is 5.75 Å². The molecule has 1 aromatic rings. The van der Waals surface area contributed by atoms with E-state index < -0.39 is 5.60 Å². The highest BCUT2D eigenvalue weighted by molar-refractivity contribution is 5.91. The SMILES string of the molecule is COc1cccc(/C=C/C(=O)NOC(C)(C)C)c1. The van der Waals surface area contributed by atoms with Crippen LogP contribution in [0.3, 0.4) is 0 Å². The van der Waals surface area contributed by atoms with Crippen molar-refractivity contribution in [1.82, 2.24) is 5.48 Å². The molecule has 0 fully saturated rings. The molecule has 0 heterocycles. The first-order chi connectivity index (χ1) is 8.40. The van der Waals surface area contributed by atoms with Gasteiger partial charge < -0.3 is 4.74 Å². The summed E-state index contributed by atoms with van der Waals surface area (Å²) in [6, 6.07) is 7.44. The molecule has 0 aromatic heterocycles. The van der Waals surface area contributed by atoms with Gasteiger partial charge in [-0.25, -0.2) is 5.48 Å². The van der Waals surface area contributed by atoms with Gasteiger partial charge in [-0.1, -0.05) is 12.1 Å². The molecule has 0 saturated heterocycles. The van der Waals surface area contributed by atoms with E-state index in [0.29, 0.717) is 0 Å². The molecule has 0 aliphatic heterocycles. The third-order valence-corrected chi connectivity index (χ3v) is 1.98. The molecule has 0 bridgehead atoms. The van der Waals surface area contributed by atoms with E-state index in [1.54, 1.807) is 13.2 Å². The lowest BCUT2D eigenvalue weighted by molar-refractivity contribution is -0.140. The number of ether oxygens (including phenoxy) is 1. The Morgan fingerprint density at radius 3 is 2.67 bits per heavy atom. The molecule has 0 aliphatic carbocycles. The van der Waals surface area contributed by atoms with Gasteiger partial charge in [0.1, 0.15) is 5.75 Å². The van der Waals surface area contributed by atoms with E-state index in [0.717, 1.165) is 11.3 Å². The molecule has 18 heavy (non-hydrogen) atoms. The van der Waals surface area contributed by atoms with Crippen molar-refractivity contribution in [3.63, 3.8) is 0 Å². The van der Waals surface area contributed by atoms with Crippen LogP contribution in [0.4, 0.5) is 0 Å². The number of carbonyl (C=O) groups excluding carboxylic acids is 1. The summed E-state index contributed by atoms with van der Waals surface area (Å²) in [6.07, 6.45) is 3.12. The molecule has 1 aromatic carbocycles. The van der Waals surface area contributed by atoms with E-state index in [9.17, 15) is 4.79 Å². The van der Waals surface area contributed by atoms with E-state index in [2.05, 4.69) is 5.48 Å². The Morgan fingerprint density at radius 1 is 1.33 bits per heavy atom. The lowest BCUT2D eigenvalue weighted by Crippen LogP contribution is -2.32. The molecule has 1 N–H and O–H groups in total. The third kappa shape index (κ3) is 5.50. The van der Waals surface area contributed by atoms with Crippen molar-refractivity contribution >= 4 is 12.0 Å². The van der Waals surface area contributed by atoms with E-state index in [1.807, 2.05) is 45.0 Å². The molecule has 4 nitrogen and oxygen atoms in total. The van der Waals surface area contributed by atoms with Gasteiger partial charge >= 0.3 is 0 Å². The highest BCUT2D eigenvalue weighted by atomic mass is 16.7. The second-order valence-electron chi connectivity index (χ2n) is 4.79. The summed E-state index contributed by atoms with van der Waals surface area (Å²) in [4.78, 5) is 16.6.